The summed E-state index contributed by atoms with van der Waals surface area (Å²) in [5.41, 5.74) is 1.32. The number of hydrogen-bond acceptors (Lipinski definition) is 1. The summed E-state index contributed by atoms with van der Waals surface area (Å²) in [4.78, 5) is 4.05. The summed E-state index contributed by atoms with van der Waals surface area (Å²) in [5.74, 6) is 0. The third kappa shape index (κ3) is 2.71. The SMILES string of the molecule is Cn1cnc(Cl)c1CC(C)(C)CBr. The molecule has 0 aliphatic carbocycles. The van der Waals surface area contributed by atoms with Crippen molar-refractivity contribution >= 4 is 27.5 Å². The molecule has 0 radical (unpaired) electrons. The van der Waals surface area contributed by atoms with Crippen LogP contribution in [0.3, 0.4) is 0 Å². The molecule has 0 saturated heterocycles. The monoisotopic (exact) mass is 264 g/mol. The number of halogens is 2. The van der Waals surface area contributed by atoms with Crippen LogP contribution in [0.1, 0.15) is 19.5 Å². The molecular formula is C9H14BrClN2. The zero-order valence-electron chi connectivity index (χ0n) is 8.14. The van der Waals surface area contributed by atoms with Gasteiger partial charge in [0.15, 0.2) is 0 Å². The lowest BCUT2D eigenvalue weighted by Gasteiger charge is -2.21. The van der Waals surface area contributed by atoms with E-state index in [1.165, 1.54) is 0 Å². The molecule has 0 aromatic carbocycles. The molecule has 0 amide bonds. The van der Waals surface area contributed by atoms with Crippen molar-refractivity contribution in [2.75, 3.05) is 5.33 Å². The Balaban J connectivity index is 2.85. The highest BCUT2D eigenvalue weighted by Crippen LogP contribution is 2.26. The molecule has 0 N–H and O–H groups in total. The van der Waals surface area contributed by atoms with Crippen LogP contribution in [0.25, 0.3) is 0 Å². The predicted molar refractivity (Wildman–Crippen MR) is 59.5 cm³/mol. The van der Waals surface area contributed by atoms with E-state index in [1.54, 1.807) is 6.33 Å². The van der Waals surface area contributed by atoms with Crippen LogP contribution >= 0.6 is 27.5 Å². The average Bonchev–Trinajstić information content (AvgIpc) is 2.36. The Hall–Kier alpha value is -0.0200. The first-order valence-corrected chi connectivity index (χ1v) is 5.68. The Morgan fingerprint density at radius 1 is 1.62 bits per heavy atom. The molecular weight excluding hydrogens is 251 g/mol. The minimum absolute atomic E-state index is 0.220. The highest BCUT2D eigenvalue weighted by molar-refractivity contribution is 9.09. The van der Waals surface area contributed by atoms with Crippen molar-refractivity contribution in [3.05, 3.63) is 17.2 Å². The number of hydrogen-bond donors (Lipinski definition) is 0. The molecule has 1 aromatic rings. The van der Waals surface area contributed by atoms with Gasteiger partial charge in [0.05, 0.1) is 12.0 Å². The standard InChI is InChI=1S/C9H14BrClN2/c1-9(2,5-10)4-7-8(11)12-6-13(7)3/h6H,4-5H2,1-3H3. The summed E-state index contributed by atoms with van der Waals surface area (Å²) in [6, 6.07) is 0. The van der Waals surface area contributed by atoms with Gasteiger partial charge in [-0.1, -0.05) is 41.4 Å². The third-order valence-electron chi connectivity index (χ3n) is 2.02. The first kappa shape index (κ1) is 11.1. The molecule has 0 unspecified atom stereocenters. The molecule has 0 saturated carbocycles. The maximum absolute atomic E-state index is 5.96. The van der Waals surface area contributed by atoms with Crippen LogP contribution in [0, 0.1) is 5.41 Å². The number of nitrogens with zero attached hydrogens (tertiary/aromatic N) is 2. The number of alkyl halides is 1. The molecule has 0 aliphatic heterocycles. The van der Waals surface area contributed by atoms with Crippen molar-refractivity contribution in [3.8, 4) is 0 Å². The second-order valence-corrected chi connectivity index (χ2v) is 4.99. The van der Waals surface area contributed by atoms with Gasteiger partial charge < -0.3 is 4.57 Å². The van der Waals surface area contributed by atoms with Crippen LogP contribution < -0.4 is 0 Å². The molecule has 1 heterocycles. The number of rotatable bonds is 3. The van der Waals surface area contributed by atoms with E-state index in [4.69, 9.17) is 11.6 Å². The molecule has 0 aliphatic rings. The molecule has 0 bridgehead atoms. The van der Waals surface area contributed by atoms with Crippen LogP contribution in [-0.2, 0) is 13.5 Å². The van der Waals surface area contributed by atoms with E-state index in [0.717, 1.165) is 17.4 Å². The van der Waals surface area contributed by atoms with E-state index >= 15 is 0 Å². The number of imidazole rings is 1. The van der Waals surface area contributed by atoms with Gasteiger partial charge in [0.1, 0.15) is 5.15 Å². The van der Waals surface area contributed by atoms with Crippen LogP contribution in [0.2, 0.25) is 5.15 Å². The zero-order valence-corrected chi connectivity index (χ0v) is 10.5. The molecule has 4 heteroatoms. The fourth-order valence-electron chi connectivity index (χ4n) is 1.13. The lowest BCUT2D eigenvalue weighted by Crippen LogP contribution is -2.18. The Bertz CT molecular complexity index is 274. The Morgan fingerprint density at radius 2 is 2.23 bits per heavy atom. The van der Waals surface area contributed by atoms with Crippen molar-refractivity contribution in [1.82, 2.24) is 9.55 Å². The van der Waals surface area contributed by atoms with Gasteiger partial charge in [-0.25, -0.2) is 4.98 Å². The fourth-order valence-corrected chi connectivity index (χ4v) is 1.57. The largest absolute Gasteiger partial charge is 0.336 e. The van der Waals surface area contributed by atoms with Gasteiger partial charge in [-0.2, -0.15) is 0 Å². The van der Waals surface area contributed by atoms with Gasteiger partial charge in [0, 0.05) is 12.4 Å². The fraction of sp³-hybridized carbons (Fsp3) is 0.667. The summed E-state index contributed by atoms with van der Waals surface area (Å²) >= 11 is 9.45. The third-order valence-corrected chi connectivity index (χ3v) is 3.85. The topological polar surface area (TPSA) is 17.8 Å². The van der Waals surface area contributed by atoms with Crippen LogP contribution in [-0.4, -0.2) is 14.9 Å². The first-order valence-electron chi connectivity index (χ1n) is 4.18. The summed E-state index contributed by atoms with van der Waals surface area (Å²) in [6.07, 6.45) is 2.69. The van der Waals surface area contributed by atoms with E-state index in [9.17, 15) is 0 Å². The van der Waals surface area contributed by atoms with Gasteiger partial charge in [-0.3, -0.25) is 0 Å². The zero-order chi connectivity index (χ0) is 10.1. The predicted octanol–water partition coefficient (Wildman–Crippen LogP) is 3.04. The smallest absolute Gasteiger partial charge is 0.150 e. The molecule has 1 rings (SSSR count). The molecule has 2 nitrogen and oxygen atoms in total. The van der Waals surface area contributed by atoms with E-state index in [0.29, 0.717) is 5.15 Å². The first-order chi connectivity index (χ1) is 5.96. The van der Waals surface area contributed by atoms with Gasteiger partial charge in [-0.15, -0.1) is 0 Å². The maximum atomic E-state index is 5.96. The Morgan fingerprint density at radius 3 is 2.62 bits per heavy atom. The number of aromatic nitrogens is 2. The average molecular weight is 266 g/mol. The van der Waals surface area contributed by atoms with Crippen LogP contribution in [0.5, 0.6) is 0 Å². The van der Waals surface area contributed by atoms with E-state index in [-0.39, 0.29) is 5.41 Å². The summed E-state index contributed by atoms with van der Waals surface area (Å²) < 4.78 is 1.98. The summed E-state index contributed by atoms with van der Waals surface area (Å²) in [7, 11) is 1.97. The second kappa shape index (κ2) is 4.01. The summed E-state index contributed by atoms with van der Waals surface area (Å²) in [5, 5.41) is 1.58. The lowest BCUT2D eigenvalue weighted by molar-refractivity contribution is 0.414. The minimum atomic E-state index is 0.220. The van der Waals surface area contributed by atoms with E-state index in [1.807, 2.05) is 11.6 Å². The molecule has 1 aromatic heterocycles. The quantitative estimate of drug-likeness (QED) is 0.768. The van der Waals surface area contributed by atoms with Crippen LogP contribution in [0.15, 0.2) is 6.33 Å². The van der Waals surface area contributed by atoms with Gasteiger partial charge in [0.25, 0.3) is 0 Å². The van der Waals surface area contributed by atoms with Crippen molar-refractivity contribution in [3.63, 3.8) is 0 Å². The van der Waals surface area contributed by atoms with Crippen LogP contribution in [0.4, 0.5) is 0 Å². The normalized spacial score (nSPS) is 12.1. The van der Waals surface area contributed by atoms with Crippen molar-refractivity contribution < 1.29 is 0 Å². The van der Waals surface area contributed by atoms with E-state index in [2.05, 4.69) is 34.8 Å². The Labute approximate surface area is 92.4 Å². The highest BCUT2D eigenvalue weighted by atomic mass is 79.9. The summed E-state index contributed by atoms with van der Waals surface area (Å²) in [6.45, 7) is 4.40. The lowest BCUT2D eigenvalue weighted by atomic mass is 9.90. The van der Waals surface area contributed by atoms with Gasteiger partial charge in [0.2, 0.25) is 0 Å². The molecule has 0 fully saturated rings. The van der Waals surface area contributed by atoms with Crippen molar-refractivity contribution in [1.29, 1.82) is 0 Å². The molecule has 0 spiro atoms. The van der Waals surface area contributed by atoms with E-state index < -0.39 is 0 Å². The van der Waals surface area contributed by atoms with Gasteiger partial charge in [-0.05, 0) is 11.8 Å². The highest BCUT2D eigenvalue weighted by Gasteiger charge is 2.20. The minimum Gasteiger partial charge on any atom is -0.336 e. The second-order valence-electron chi connectivity index (χ2n) is 4.07. The molecule has 13 heavy (non-hydrogen) atoms. The molecule has 74 valence electrons. The van der Waals surface area contributed by atoms with Crippen molar-refractivity contribution in [2.24, 2.45) is 12.5 Å². The van der Waals surface area contributed by atoms with Gasteiger partial charge >= 0.3 is 0 Å². The maximum Gasteiger partial charge on any atom is 0.150 e. The Kier molecular flexibility index (Phi) is 3.41. The number of aryl methyl sites for hydroxylation is 1. The van der Waals surface area contributed by atoms with Crippen molar-refractivity contribution in [2.45, 2.75) is 20.3 Å². The molecule has 0 atom stereocenters.